The summed E-state index contributed by atoms with van der Waals surface area (Å²) in [7, 11) is 0. The van der Waals surface area contributed by atoms with Crippen LogP contribution in [0.2, 0.25) is 0 Å². The molecule has 2 heteroatoms. The van der Waals surface area contributed by atoms with Crippen LogP contribution in [0, 0.1) is 5.92 Å². The van der Waals surface area contributed by atoms with Gasteiger partial charge in [0.2, 0.25) is 0 Å². The zero-order valence-corrected chi connectivity index (χ0v) is 12.5. The van der Waals surface area contributed by atoms with Gasteiger partial charge in [-0.05, 0) is 50.5 Å². The van der Waals surface area contributed by atoms with Crippen molar-refractivity contribution in [1.29, 1.82) is 0 Å². The smallest absolute Gasteiger partial charge is 0.0412 e. The third-order valence-corrected chi connectivity index (χ3v) is 5.30. The molecule has 3 unspecified atom stereocenters. The van der Waals surface area contributed by atoms with Crippen molar-refractivity contribution < 1.29 is 0 Å². The molecule has 3 aliphatic rings. The molecule has 3 atom stereocenters. The molecule has 0 amide bonds. The molecule has 0 spiro atoms. The van der Waals surface area contributed by atoms with E-state index in [9.17, 15) is 0 Å². The maximum atomic E-state index is 5.91. The van der Waals surface area contributed by atoms with E-state index in [-0.39, 0.29) is 10.3 Å². The van der Waals surface area contributed by atoms with Gasteiger partial charge in [0.1, 0.15) is 0 Å². The SMILES string of the molecule is C=C1C(C)CCC1(C)N.SC12CC=CC1=CCC2. The van der Waals surface area contributed by atoms with Crippen molar-refractivity contribution in [1.82, 2.24) is 0 Å². The largest absolute Gasteiger partial charge is 0.322 e. The van der Waals surface area contributed by atoms with Crippen molar-refractivity contribution in [2.24, 2.45) is 11.7 Å². The minimum atomic E-state index is -0.0700. The van der Waals surface area contributed by atoms with E-state index in [4.69, 9.17) is 5.73 Å². The minimum absolute atomic E-state index is 0.0700. The molecule has 100 valence electrons. The van der Waals surface area contributed by atoms with Crippen LogP contribution in [0.1, 0.15) is 46.0 Å². The summed E-state index contributed by atoms with van der Waals surface area (Å²) in [5.74, 6) is 0.639. The maximum Gasteiger partial charge on any atom is 0.0412 e. The van der Waals surface area contributed by atoms with Gasteiger partial charge in [0.05, 0.1) is 0 Å². The summed E-state index contributed by atoms with van der Waals surface area (Å²) in [6.07, 6.45) is 12.6. The zero-order chi connectivity index (χ0) is 13.4. The first-order valence-corrected chi connectivity index (χ1v) is 7.38. The van der Waals surface area contributed by atoms with Gasteiger partial charge in [0.25, 0.3) is 0 Å². The van der Waals surface area contributed by atoms with Crippen LogP contribution in [0.4, 0.5) is 0 Å². The maximum absolute atomic E-state index is 5.91. The third-order valence-electron chi connectivity index (χ3n) is 4.64. The molecule has 3 rings (SSSR count). The highest BCUT2D eigenvalue weighted by molar-refractivity contribution is 7.82. The predicted octanol–water partition coefficient (Wildman–Crippen LogP) is 4.03. The van der Waals surface area contributed by atoms with Crippen LogP contribution in [0.25, 0.3) is 0 Å². The third kappa shape index (κ3) is 2.60. The van der Waals surface area contributed by atoms with Crippen molar-refractivity contribution in [2.75, 3.05) is 0 Å². The average molecular weight is 263 g/mol. The molecule has 1 nitrogen and oxygen atoms in total. The number of rotatable bonds is 0. The molecular weight excluding hydrogens is 238 g/mol. The highest BCUT2D eigenvalue weighted by Gasteiger charge is 2.34. The lowest BCUT2D eigenvalue weighted by atomic mass is 9.95. The molecule has 0 aromatic heterocycles. The monoisotopic (exact) mass is 263 g/mol. The summed E-state index contributed by atoms with van der Waals surface area (Å²) in [5.41, 5.74) is 8.52. The summed E-state index contributed by atoms with van der Waals surface area (Å²) < 4.78 is 0.250. The van der Waals surface area contributed by atoms with E-state index >= 15 is 0 Å². The van der Waals surface area contributed by atoms with Crippen molar-refractivity contribution >= 4 is 12.6 Å². The molecule has 0 aromatic carbocycles. The van der Waals surface area contributed by atoms with E-state index in [1.807, 2.05) is 0 Å². The van der Waals surface area contributed by atoms with E-state index < -0.39 is 0 Å². The van der Waals surface area contributed by atoms with E-state index in [2.05, 4.69) is 51.3 Å². The Hall–Kier alpha value is -0.470. The van der Waals surface area contributed by atoms with Gasteiger partial charge in [-0.1, -0.05) is 37.3 Å². The van der Waals surface area contributed by atoms with Gasteiger partial charge in [0.15, 0.2) is 0 Å². The van der Waals surface area contributed by atoms with Gasteiger partial charge in [-0.25, -0.2) is 0 Å². The molecule has 0 saturated heterocycles. The molecule has 1 saturated carbocycles. The quantitative estimate of drug-likeness (QED) is 0.501. The second kappa shape index (κ2) is 4.90. The molecule has 1 fully saturated rings. The number of hydrogen-bond donors (Lipinski definition) is 2. The van der Waals surface area contributed by atoms with Crippen LogP contribution in [0.15, 0.2) is 36.0 Å². The van der Waals surface area contributed by atoms with Gasteiger partial charge in [0, 0.05) is 10.3 Å². The van der Waals surface area contributed by atoms with Gasteiger partial charge in [-0.15, -0.1) is 0 Å². The van der Waals surface area contributed by atoms with Crippen molar-refractivity contribution in [3.8, 4) is 0 Å². The van der Waals surface area contributed by atoms with E-state index in [1.54, 1.807) is 0 Å². The lowest BCUT2D eigenvalue weighted by molar-refractivity contribution is 0.565. The number of hydrogen-bond acceptors (Lipinski definition) is 2. The Morgan fingerprint density at radius 2 is 2.17 bits per heavy atom. The predicted molar refractivity (Wildman–Crippen MR) is 82.9 cm³/mol. The molecule has 2 N–H and O–H groups in total. The topological polar surface area (TPSA) is 26.0 Å². The Morgan fingerprint density at radius 3 is 2.61 bits per heavy atom. The van der Waals surface area contributed by atoms with Crippen molar-refractivity contribution in [3.63, 3.8) is 0 Å². The lowest BCUT2D eigenvalue weighted by Crippen LogP contribution is -2.34. The Morgan fingerprint density at radius 1 is 1.44 bits per heavy atom. The molecule has 0 bridgehead atoms. The second-order valence-electron chi connectivity index (χ2n) is 6.22. The average Bonchev–Trinajstić information content (AvgIpc) is 2.88. The Balaban J connectivity index is 0.000000134. The Kier molecular flexibility index (Phi) is 3.80. The first-order chi connectivity index (χ1) is 8.35. The van der Waals surface area contributed by atoms with Crippen molar-refractivity contribution in [2.45, 2.75) is 56.2 Å². The van der Waals surface area contributed by atoms with Gasteiger partial charge >= 0.3 is 0 Å². The summed E-state index contributed by atoms with van der Waals surface area (Å²) in [6.45, 7) is 8.23. The van der Waals surface area contributed by atoms with Crippen LogP contribution >= 0.6 is 12.6 Å². The zero-order valence-electron chi connectivity index (χ0n) is 11.6. The van der Waals surface area contributed by atoms with Gasteiger partial charge in [-0.2, -0.15) is 12.6 Å². The highest BCUT2D eigenvalue weighted by Crippen LogP contribution is 2.43. The molecular formula is C16H25NS. The summed E-state index contributed by atoms with van der Waals surface area (Å²) in [4.78, 5) is 0. The van der Waals surface area contributed by atoms with Crippen LogP contribution in [-0.2, 0) is 0 Å². The van der Waals surface area contributed by atoms with Crippen LogP contribution < -0.4 is 5.73 Å². The van der Waals surface area contributed by atoms with Crippen molar-refractivity contribution in [3.05, 3.63) is 36.0 Å². The summed E-state index contributed by atoms with van der Waals surface area (Å²) >= 11 is 4.61. The molecule has 0 aromatic rings. The standard InChI is InChI=1S/C8H15N.C8H10S/c1-6-4-5-8(3,9)7(6)2;9-8-5-1-3-7(8)4-2-6-8/h6H,2,4-5,9H2,1,3H3;1,3-4,9H,2,5-6H2. The first kappa shape index (κ1) is 14.0. The van der Waals surface area contributed by atoms with E-state index in [1.165, 1.54) is 30.4 Å². The molecule has 0 aliphatic heterocycles. The number of thiol groups is 1. The molecule has 0 heterocycles. The van der Waals surface area contributed by atoms with E-state index in [0.29, 0.717) is 5.92 Å². The lowest BCUT2D eigenvalue weighted by Gasteiger charge is -2.19. The van der Waals surface area contributed by atoms with Crippen LogP contribution in [0.3, 0.4) is 0 Å². The van der Waals surface area contributed by atoms with Gasteiger partial charge in [-0.3, -0.25) is 0 Å². The van der Waals surface area contributed by atoms with E-state index in [0.717, 1.165) is 12.8 Å². The normalized spacial score (nSPS) is 41.4. The second-order valence-corrected chi connectivity index (χ2v) is 7.07. The Bertz CT molecular complexity index is 405. The fraction of sp³-hybridized carbons (Fsp3) is 0.625. The summed E-state index contributed by atoms with van der Waals surface area (Å²) in [6, 6.07) is 0. The minimum Gasteiger partial charge on any atom is -0.322 e. The first-order valence-electron chi connectivity index (χ1n) is 6.93. The van der Waals surface area contributed by atoms with Crippen LogP contribution in [0.5, 0.6) is 0 Å². The molecule has 3 aliphatic carbocycles. The number of nitrogens with two attached hydrogens (primary N) is 1. The van der Waals surface area contributed by atoms with Gasteiger partial charge < -0.3 is 5.73 Å². The fourth-order valence-electron chi connectivity index (χ4n) is 3.04. The number of fused-ring (bicyclic) bond motifs is 1. The molecule has 0 radical (unpaired) electrons. The fourth-order valence-corrected chi connectivity index (χ4v) is 3.44. The number of allylic oxidation sites excluding steroid dienone is 3. The molecule has 18 heavy (non-hydrogen) atoms. The Labute approximate surface area is 117 Å². The highest BCUT2D eigenvalue weighted by atomic mass is 32.1. The summed E-state index contributed by atoms with van der Waals surface area (Å²) in [5, 5.41) is 0. The van der Waals surface area contributed by atoms with Crippen LogP contribution in [-0.4, -0.2) is 10.3 Å².